The number of carbonyl (C=O) groups excluding carboxylic acids is 1. The van der Waals surface area contributed by atoms with E-state index in [1.807, 2.05) is 0 Å². The van der Waals surface area contributed by atoms with Crippen LogP contribution in [-0.2, 0) is 0 Å². The van der Waals surface area contributed by atoms with E-state index in [-0.39, 0.29) is 10.8 Å². The standard InChI is InChI=1S/C12H9F3N2OS/c1-5(2)10-12(19-17-16-10)11(18)6-3-4-7(13)9(15)8(6)14/h3-5H,1-2H3. The molecule has 0 amide bonds. The molecule has 0 saturated heterocycles. The number of halogens is 3. The molecule has 19 heavy (non-hydrogen) atoms. The first kappa shape index (κ1) is 13.7. The summed E-state index contributed by atoms with van der Waals surface area (Å²) in [4.78, 5) is 12.3. The SMILES string of the molecule is CC(C)c1nnsc1C(=O)c1ccc(F)c(F)c1F. The van der Waals surface area contributed by atoms with Crippen molar-refractivity contribution in [2.45, 2.75) is 19.8 Å². The van der Waals surface area contributed by atoms with E-state index in [4.69, 9.17) is 0 Å². The number of hydrogen-bond donors (Lipinski definition) is 0. The molecule has 3 nitrogen and oxygen atoms in total. The molecule has 0 fully saturated rings. The highest BCUT2D eigenvalue weighted by atomic mass is 32.1. The van der Waals surface area contributed by atoms with Gasteiger partial charge in [0, 0.05) is 0 Å². The molecule has 1 heterocycles. The minimum atomic E-state index is -1.66. The summed E-state index contributed by atoms with van der Waals surface area (Å²) in [7, 11) is 0. The zero-order valence-corrected chi connectivity index (χ0v) is 10.9. The fourth-order valence-electron chi connectivity index (χ4n) is 1.56. The number of carbonyl (C=O) groups is 1. The molecular formula is C12H9F3N2OS. The van der Waals surface area contributed by atoms with Gasteiger partial charge in [0.1, 0.15) is 4.88 Å². The molecule has 0 N–H and O–H groups in total. The lowest BCUT2D eigenvalue weighted by Gasteiger charge is -2.05. The number of benzene rings is 1. The van der Waals surface area contributed by atoms with E-state index in [0.29, 0.717) is 5.69 Å². The summed E-state index contributed by atoms with van der Waals surface area (Å²) < 4.78 is 43.2. The molecule has 0 aliphatic heterocycles. The van der Waals surface area contributed by atoms with Crippen LogP contribution in [0, 0.1) is 17.5 Å². The van der Waals surface area contributed by atoms with Crippen molar-refractivity contribution >= 4 is 17.3 Å². The number of nitrogens with zero attached hydrogens (tertiary/aromatic N) is 2. The van der Waals surface area contributed by atoms with Crippen LogP contribution in [0.15, 0.2) is 12.1 Å². The quantitative estimate of drug-likeness (QED) is 0.642. The van der Waals surface area contributed by atoms with E-state index < -0.39 is 28.8 Å². The van der Waals surface area contributed by atoms with Crippen LogP contribution >= 0.6 is 11.5 Å². The van der Waals surface area contributed by atoms with Gasteiger partial charge in [0.15, 0.2) is 17.5 Å². The van der Waals surface area contributed by atoms with E-state index in [2.05, 4.69) is 9.59 Å². The summed E-state index contributed by atoms with van der Waals surface area (Å²) in [6.45, 7) is 3.60. The predicted octanol–water partition coefficient (Wildman–Crippen LogP) is 3.31. The van der Waals surface area contributed by atoms with Crippen LogP contribution in [0.25, 0.3) is 0 Å². The van der Waals surface area contributed by atoms with Crippen molar-refractivity contribution in [3.05, 3.63) is 45.7 Å². The molecule has 0 bridgehead atoms. The molecule has 2 rings (SSSR count). The van der Waals surface area contributed by atoms with Crippen LogP contribution in [0.1, 0.15) is 40.7 Å². The Morgan fingerprint density at radius 1 is 1.21 bits per heavy atom. The summed E-state index contributed by atoms with van der Waals surface area (Å²) in [5, 5.41) is 3.79. The summed E-state index contributed by atoms with van der Waals surface area (Å²) in [6.07, 6.45) is 0. The summed E-state index contributed by atoms with van der Waals surface area (Å²) in [6, 6.07) is 1.63. The van der Waals surface area contributed by atoms with E-state index in [1.54, 1.807) is 13.8 Å². The van der Waals surface area contributed by atoms with Gasteiger partial charge in [-0.25, -0.2) is 13.2 Å². The van der Waals surface area contributed by atoms with Crippen molar-refractivity contribution in [2.24, 2.45) is 0 Å². The van der Waals surface area contributed by atoms with Gasteiger partial charge in [-0.1, -0.05) is 18.3 Å². The van der Waals surface area contributed by atoms with Gasteiger partial charge in [-0.2, -0.15) is 0 Å². The van der Waals surface area contributed by atoms with Gasteiger partial charge in [0.2, 0.25) is 5.78 Å². The number of aromatic nitrogens is 2. The van der Waals surface area contributed by atoms with Crippen LogP contribution in [0.2, 0.25) is 0 Å². The van der Waals surface area contributed by atoms with Gasteiger partial charge < -0.3 is 0 Å². The maximum atomic E-state index is 13.6. The maximum absolute atomic E-state index is 13.6. The Hall–Kier alpha value is -1.76. The third kappa shape index (κ3) is 2.37. The Kier molecular flexibility index (Phi) is 3.66. The van der Waals surface area contributed by atoms with Crippen molar-refractivity contribution in [1.82, 2.24) is 9.59 Å². The lowest BCUT2D eigenvalue weighted by Crippen LogP contribution is -2.08. The van der Waals surface area contributed by atoms with Crippen molar-refractivity contribution in [1.29, 1.82) is 0 Å². The molecular weight excluding hydrogens is 277 g/mol. The van der Waals surface area contributed by atoms with Crippen molar-refractivity contribution in [3.8, 4) is 0 Å². The van der Waals surface area contributed by atoms with Gasteiger partial charge in [0.05, 0.1) is 11.3 Å². The van der Waals surface area contributed by atoms with E-state index in [0.717, 1.165) is 23.7 Å². The van der Waals surface area contributed by atoms with Gasteiger partial charge >= 0.3 is 0 Å². The first-order valence-electron chi connectivity index (χ1n) is 5.44. The van der Waals surface area contributed by atoms with Gasteiger partial charge in [-0.05, 0) is 29.6 Å². The van der Waals surface area contributed by atoms with E-state index in [9.17, 15) is 18.0 Å². The van der Waals surface area contributed by atoms with Crippen molar-refractivity contribution < 1.29 is 18.0 Å². The Morgan fingerprint density at radius 3 is 2.53 bits per heavy atom. The van der Waals surface area contributed by atoms with Crippen LogP contribution in [0.4, 0.5) is 13.2 Å². The number of rotatable bonds is 3. The second-order valence-corrected chi connectivity index (χ2v) is 4.95. The highest BCUT2D eigenvalue weighted by Gasteiger charge is 2.25. The largest absolute Gasteiger partial charge is 0.287 e. The zero-order chi connectivity index (χ0) is 14.2. The number of ketones is 1. The number of hydrogen-bond acceptors (Lipinski definition) is 4. The Labute approximate surface area is 111 Å². The third-order valence-corrected chi connectivity index (χ3v) is 3.29. The molecule has 0 saturated carbocycles. The minimum absolute atomic E-state index is 0.0777. The van der Waals surface area contributed by atoms with E-state index in [1.165, 1.54) is 0 Å². The molecule has 7 heteroatoms. The predicted molar refractivity (Wildman–Crippen MR) is 63.7 cm³/mol. The maximum Gasteiger partial charge on any atom is 0.209 e. The van der Waals surface area contributed by atoms with Gasteiger partial charge in [-0.15, -0.1) is 5.10 Å². The molecule has 1 aromatic heterocycles. The van der Waals surface area contributed by atoms with Crippen LogP contribution in [0.5, 0.6) is 0 Å². The average molecular weight is 286 g/mol. The molecule has 0 atom stereocenters. The Bertz CT molecular complexity index is 640. The Balaban J connectivity index is 2.51. The molecule has 0 aliphatic rings. The Morgan fingerprint density at radius 2 is 1.89 bits per heavy atom. The first-order valence-corrected chi connectivity index (χ1v) is 6.21. The highest BCUT2D eigenvalue weighted by Crippen LogP contribution is 2.25. The first-order chi connectivity index (χ1) is 8.93. The molecule has 0 unspecified atom stereocenters. The van der Waals surface area contributed by atoms with Gasteiger partial charge in [0.25, 0.3) is 0 Å². The van der Waals surface area contributed by atoms with Crippen LogP contribution in [-0.4, -0.2) is 15.4 Å². The summed E-state index contributed by atoms with van der Waals surface area (Å²) in [5.74, 6) is -5.30. The highest BCUT2D eigenvalue weighted by molar-refractivity contribution is 7.08. The molecule has 0 radical (unpaired) electrons. The molecule has 100 valence electrons. The second-order valence-electron chi connectivity index (χ2n) is 4.19. The van der Waals surface area contributed by atoms with Crippen molar-refractivity contribution in [2.75, 3.05) is 0 Å². The van der Waals surface area contributed by atoms with Crippen molar-refractivity contribution in [3.63, 3.8) is 0 Å². The van der Waals surface area contributed by atoms with Crippen LogP contribution in [0.3, 0.4) is 0 Å². The average Bonchev–Trinajstić information content (AvgIpc) is 2.84. The van der Waals surface area contributed by atoms with Gasteiger partial charge in [-0.3, -0.25) is 4.79 Å². The molecule has 1 aromatic carbocycles. The molecule has 2 aromatic rings. The minimum Gasteiger partial charge on any atom is -0.287 e. The molecule has 0 spiro atoms. The lowest BCUT2D eigenvalue weighted by atomic mass is 10.0. The smallest absolute Gasteiger partial charge is 0.209 e. The zero-order valence-electron chi connectivity index (χ0n) is 10.1. The molecule has 0 aliphatic carbocycles. The topological polar surface area (TPSA) is 42.9 Å². The van der Waals surface area contributed by atoms with E-state index >= 15 is 0 Å². The second kappa shape index (κ2) is 5.08. The lowest BCUT2D eigenvalue weighted by molar-refractivity contribution is 0.103. The summed E-state index contributed by atoms with van der Waals surface area (Å²) in [5.41, 5.74) is -0.106. The normalized spacial score (nSPS) is 11.1. The monoisotopic (exact) mass is 286 g/mol. The van der Waals surface area contributed by atoms with Crippen LogP contribution < -0.4 is 0 Å². The fourth-order valence-corrected chi connectivity index (χ4v) is 2.33. The fraction of sp³-hybridized carbons (Fsp3) is 0.250. The third-order valence-electron chi connectivity index (χ3n) is 2.55. The summed E-state index contributed by atoms with van der Waals surface area (Å²) >= 11 is 0.806.